The smallest absolute Gasteiger partial charge is 0.428 e. The van der Waals surface area contributed by atoms with Crippen LogP contribution in [0.4, 0.5) is 4.79 Å². The van der Waals surface area contributed by atoms with Crippen LogP contribution in [-0.2, 0) is 11.2 Å². The number of hydrogen-bond donors (Lipinski definition) is 1. The second-order valence-corrected chi connectivity index (χ2v) is 5.70. The van der Waals surface area contributed by atoms with Crippen LogP contribution in [0.15, 0.2) is 23.3 Å². The van der Waals surface area contributed by atoms with Gasteiger partial charge in [-0.2, -0.15) is 5.10 Å². The maximum Gasteiger partial charge on any atom is 0.428 e. The fraction of sp³-hybridized carbons (Fsp3) is 0.467. The zero-order chi connectivity index (χ0) is 14.8. The lowest BCUT2D eigenvalue weighted by atomic mass is 10.1. The van der Waals surface area contributed by atoms with Gasteiger partial charge >= 0.3 is 6.09 Å². The SMILES string of the molecule is COc1ccc2c(c1)CCC2=NNC(=O)OC(C)(C)C. The number of benzene rings is 1. The molecule has 5 nitrogen and oxygen atoms in total. The number of aryl methyl sites for hydroxylation is 1. The van der Waals surface area contributed by atoms with Gasteiger partial charge in [-0.3, -0.25) is 0 Å². The van der Waals surface area contributed by atoms with Gasteiger partial charge in [0, 0.05) is 5.56 Å². The number of rotatable bonds is 2. The van der Waals surface area contributed by atoms with Gasteiger partial charge in [0.15, 0.2) is 0 Å². The third-order valence-electron chi connectivity index (χ3n) is 2.94. The Bertz CT molecular complexity index is 545. The molecule has 0 saturated heterocycles. The van der Waals surface area contributed by atoms with E-state index in [1.807, 2.05) is 39.0 Å². The summed E-state index contributed by atoms with van der Waals surface area (Å²) in [5, 5.41) is 4.16. The largest absolute Gasteiger partial charge is 0.497 e. The topological polar surface area (TPSA) is 59.9 Å². The predicted molar refractivity (Wildman–Crippen MR) is 77.2 cm³/mol. The highest BCUT2D eigenvalue weighted by Gasteiger charge is 2.20. The van der Waals surface area contributed by atoms with Crippen LogP contribution in [0.3, 0.4) is 0 Å². The molecule has 0 bridgehead atoms. The summed E-state index contributed by atoms with van der Waals surface area (Å²) in [6, 6.07) is 5.87. The number of ether oxygens (including phenoxy) is 2. The molecule has 1 N–H and O–H groups in total. The molecule has 0 spiro atoms. The molecule has 5 heteroatoms. The minimum Gasteiger partial charge on any atom is -0.497 e. The number of methoxy groups -OCH3 is 1. The fourth-order valence-electron chi connectivity index (χ4n) is 2.10. The maximum atomic E-state index is 11.6. The van der Waals surface area contributed by atoms with E-state index in [1.165, 1.54) is 5.56 Å². The van der Waals surface area contributed by atoms with E-state index in [2.05, 4.69) is 10.5 Å². The lowest BCUT2D eigenvalue weighted by molar-refractivity contribution is 0.0529. The molecule has 0 aromatic heterocycles. The van der Waals surface area contributed by atoms with Crippen LogP contribution in [0.25, 0.3) is 0 Å². The first kappa shape index (κ1) is 14.4. The molecule has 0 radical (unpaired) electrons. The van der Waals surface area contributed by atoms with Crippen molar-refractivity contribution in [1.29, 1.82) is 0 Å². The monoisotopic (exact) mass is 276 g/mol. The Balaban J connectivity index is 2.06. The van der Waals surface area contributed by atoms with Crippen molar-refractivity contribution < 1.29 is 14.3 Å². The molecule has 0 unspecified atom stereocenters. The molecule has 0 saturated carbocycles. The summed E-state index contributed by atoms with van der Waals surface area (Å²) in [5.41, 5.74) is 5.04. The van der Waals surface area contributed by atoms with Crippen molar-refractivity contribution in [2.75, 3.05) is 7.11 Å². The third-order valence-corrected chi connectivity index (χ3v) is 2.94. The van der Waals surface area contributed by atoms with E-state index in [-0.39, 0.29) is 0 Å². The summed E-state index contributed by atoms with van der Waals surface area (Å²) in [6.45, 7) is 5.45. The molecular formula is C15H20N2O3. The van der Waals surface area contributed by atoms with E-state index in [0.29, 0.717) is 0 Å². The van der Waals surface area contributed by atoms with Crippen molar-refractivity contribution >= 4 is 11.8 Å². The number of amides is 1. The van der Waals surface area contributed by atoms with Crippen LogP contribution >= 0.6 is 0 Å². The molecule has 1 aromatic carbocycles. The molecule has 0 aliphatic heterocycles. The number of hydrazone groups is 1. The number of hydrogen-bond acceptors (Lipinski definition) is 4. The zero-order valence-corrected chi connectivity index (χ0v) is 12.3. The summed E-state index contributed by atoms with van der Waals surface area (Å²) >= 11 is 0. The van der Waals surface area contributed by atoms with Gasteiger partial charge < -0.3 is 9.47 Å². The Kier molecular flexibility index (Phi) is 3.97. The third kappa shape index (κ3) is 3.50. The summed E-state index contributed by atoms with van der Waals surface area (Å²) < 4.78 is 10.3. The van der Waals surface area contributed by atoms with Crippen molar-refractivity contribution in [3.8, 4) is 5.75 Å². The molecule has 108 valence electrons. The summed E-state index contributed by atoms with van der Waals surface area (Å²) in [6.07, 6.45) is 1.17. The highest BCUT2D eigenvalue weighted by atomic mass is 16.6. The van der Waals surface area contributed by atoms with E-state index >= 15 is 0 Å². The first-order chi connectivity index (χ1) is 9.39. The molecule has 0 fully saturated rings. The van der Waals surface area contributed by atoms with Crippen molar-refractivity contribution in [2.45, 2.75) is 39.2 Å². The first-order valence-corrected chi connectivity index (χ1v) is 6.62. The molecule has 2 rings (SSSR count). The van der Waals surface area contributed by atoms with Gasteiger partial charge in [-0.05, 0) is 57.4 Å². The number of nitrogens with zero attached hydrogens (tertiary/aromatic N) is 1. The molecule has 0 atom stereocenters. The van der Waals surface area contributed by atoms with E-state index in [1.54, 1.807) is 7.11 Å². The minimum absolute atomic E-state index is 0.523. The molecule has 1 amide bonds. The molecule has 20 heavy (non-hydrogen) atoms. The van der Waals surface area contributed by atoms with E-state index in [0.717, 1.165) is 29.9 Å². The van der Waals surface area contributed by atoms with Crippen LogP contribution in [0.1, 0.15) is 38.3 Å². The van der Waals surface area contributed by atoms with E-state index in [9.17, 15) is 4.79 Å². The maximum absolute atomic E-state index is 11.6. The Hall–Kier alpha value is -2.04. The van der Waals surface area contributed by atoms with Gasteiger partial charge in [0.2, 0.25) is 0 Å². The summed E-state index contributed by atoms with van der Waals surface area (Å²) in [4.78, 5) is 11.6. The fourth-order valence-corrected chi connectivity index (χ4v) is 2.10. The average Bonchev–Trinajstić information content (AvgIpc) is 2.76. The van der Waals surface area contributed by atoms with Crippen molar-refractivity contribution in [3.63, 3.8) is 0 Å². The summed E-state index contributed by atoms with van der Waals surface area (Å²) in [7, 11) is 1.65. The van der Waals surface area contributed by atoms with Gasteiger partial charge in [0.05, 0.1) is 12.8 Å². The average molecular weight is 276 g/mol. The second kappa shape index (κ2) is 5.53. The highest BCUT2D eigenvalue weighted by molar-refractivity contribution is 6.04. The number of carbonyl (C=O) groups excluding carboxylic acids is 1. The normalized spacial score (nSPS) is 15.9. The molecular weight excluding hydrogens is 256 g/mol. The Morgan fingerprint density at radius 2 is 2.05 bits per heavy atom. The predicted octanol–water partition coefficient (Wildman–Crippen LogP) is 2.87. The number of nitrogens with one attached hydrogen (secondary N) is 1. The van der Waals surface area contributed by atoms with Crippen LogP contribution in [0.5, 0.6) is 5.75 Å². The Morgan fingerprint density at radius 3 is 2.70 bits per heavy atom. The zero-order valence-electron chi connectivity index (χ0n) is 12.3. The molecule has 1 aromatic rings. The lowest BCUT2D eigenvalue weighted by Crippen LogP contribution is -2.30. The Labute approximate surface area is 119 Å². The van der Waals surface area contributed by atoms with E-state index in [4.69, 9.17) is 9.47 Å². The van der Waals surface area contributed by atoms with Crippen LogP contribution in [-0.4, -0.2) is 24.5 Å². The van der Waals surface area contributed by atoms with Crippen LogP contribution in [0, 0.1) is 0 Å². The molecule has 0 heterocycles. The van der Waals surface area contributed by atoms with Crippen LogP contribution in [0.2, 0.25) is 0 Å². The van der Waals surface area contributed by atoms with Gasteiger partial charge in [-0.25, -0.2) is 10.2 Å². The van der Waals surface area contributed by atoms with Gasteiger partial charge in [0.1, 0.15) is 11.4 Å². The van der Waals surface area contributed by atoms with Crippen molar-refractivity contribution in [2.24, 2.45) is 5.10 Å². The van der Waals surface area contributed by atoms with Crippen LogP contribution < -0.4 is 10.2 Å². The van der Waals surface area contributed by atoms with E-state index < -0.39 is 11.7 Å². The quantitative estimate of drug-likeness (QED) is 0.845. The Morgan fingerprint density at radius 1 is 1.30 bits per heavy atom. The van der Waals surface area contributed by atoms with Crippen molar-refractivity contribution in [3.05, 3.63) is 29.3 Å². The van der Waals surface area contributed by atoms with Gasteiger partial charge in [-0.15, -0.1) is 0 Å². The van der Waals surface area contributed by atoms with Crippen molar-refractivity contribution in [1.82, 2.24) is 5.43 Å². The molecule has 1 aliphatic rings. The van der Waals surface area contributed by atoms with Gasteiger partial charge in [0.25, 0.3) is 0 Å². The lowest BCUT2D eigenvalue weighted by Gasteiger charge is -2.18. The molecule has 1 aliphatic carbocycles. The highest BCUT2D eigenvalue weighted by Crippen LogP contribution is 2.26. The summed E-state index contributed by atoms with van der Waals surface area (Å²) in [5.74, 6) is 0.838. The standard InChI is InChI=1S/C15H20N2O3/c1-15(2,3)20-14(18)17-16-13-8-5-10-9-11(19-4)6-7-12(10)13/h6-7,9H,5,8H2,1-4H3,(H,17,18). The minimum atomic E-state index is -0.535. The van der Waals surface area contributed by atoms with Gasteiger partial charge in [-0.1, -0.05) is 0 Å². The number of carbonyl (C=O) groups is 1. The second-order valence-electron chi connectivity index (χ2n) is 5.70. The first-order valence-electron chi connectivity index (χ1n) is 6.62. The number of fused-ring (bicyclic) bond motifs is 1.